The molecule has 0 fully saturated rings. The van der Waals surface area contributed by atoms with Gasteiger partial charge in [0.05, 0.1) is 36.8 Å². The molecule has 0 aliphatic rings. The van der Waals surface area contributed by atoms with Crippen LogP contribution in [-0.4, -0.2) is 33.3 Å². The average molecular weight is 1160 g/mol. The van der Waals surface area contributed by atoms with Crippen molar-refractivity contribution in [2.45, 2.75) is 14.2 Å². The SMILES string of the molecule is N#CCSC(c1ccc(F)cc1)(c1ccc(F)cc1)c1ccccc1F.NC(=S)CSC(c1ccc(F)cc1)(c1ccc(F)cc1)c1ccccc1F.O=C(O)CSC(c1ccc(F)cc1)(c1ccc(F)cc1)c1ccccc1F. The van der Waals surface area contributed by atoms with E-state index in [1.165, 1.54) is 145 Å². The Morgan fingerprint density at radius 2 is 0.625 bits per heavy atom. The van der Waals surface area contributed by atoms with Crippen LogP contribution in [-0.2, 0) is 19.0 Å². The van der Waals surface area contributed by atoms with Gasteiger partial charge in [-0.3, -0.25) is 4.79 Å². The van der Waals surface area contributed by atoms with Gasteiger partial charge in [-0.1, -0.05) is 140 Å². The monoisotopic (exact) mass is 1160 g/mol. The number of carbonyl (C=O) groups is 1. The fourth-order valence-corrected chi connectivity index (χ4v) is 12.9. The molecule has 4 nitrogen and oxygen atoms in total. The van der Waals surface area contributed by atoms with Crippen molar-refractivity contribution in [2.24, 2.45) is 5.73 Å². The van der Waals surface area contributed by atoms with Gasteiger partial charge in [0.1, 0.15) is 52.4 Å². The van der Waals surface area contributed by atoms with Crippen molar-refractivity contribution in [1.82, 2.24) is 0 Å². The second-order valence-corrected chi connectivity index (χ2v) is 21.5. The van der Waals surface area contributed by atoms with Crippen LogP contribution in [0.3, 0.4) is 0 Å². The summed E-state index contributed by atoms with van der Waals surface area (Å²) in [6.45, 7) is 0. The normalized spacial score (nSPS) is 11.3. The molecule has 3 N–H and O–H groups in total. The summed E-state index contributed by atoms with van der Waals surface area (Å²) in [6.07, 6.45) is 0. The zero-order valence-electron chi connectivity index (χ0n) is 41.8. The van der Waals surface area contributed by atoms with Crippen LogP contribution in [0.4, 0.5) is 39.5 Å². The molecule has 0 aromatic heterocycles. The molecule has 17 heteroatoms. The molecule has 0 bridgehead atoms. The van der Waals surface area contributed by atoms with Crippen LogP contribution in [0.25, 0.3) is 0 Å². The van der Waals surface area contributed by atoms with Crippen LogP contribution < -0.4 is 5.73 Å². The van der Waals surface area contributed by atoms with E-state index in [0.29, 0.717) is 44.5 Å². The quantitative estimate of drug-likeness (QED) is 0.0530. The molecule has 0 atom stereocenters. The molecule has 0 amide bonds. The van der Waals surface area contributed by atoms with Crippen molar-refractivity contribution in [1.29, 1.82) is 5.26 Å². The van der Waals surface area contributed by atoms with Crippen LogP contribution in [0.1, 0.15) is 50.1 Å². The average Bonchev–Trinajstić information content (AvgIpc) is 3.47. The largest absolute Gasteiger partial charge is 0.481 e. The zero-order valence-corrected chi connectivity index (χ0v) is 45.1. The number of thioether (sulfide) groups is 3. The minimum absolute atomic E-state index is 0.0725. The van der Waals surface area contributed by atoms with Gasteiger partial charge in [-0.15, -0.1) is 35.3 Å². The molecule has 0 unspecified atom stereocenters. The molecule has 0 spiro atoms. The molecule has 0 radical (unpaired) electrons. The van der Waals surface area contributed by atoms with Crippen molar-refractivity contribution in [3.05, 3.63) is 321 Å². The van der Waals surface area contributed by atoms with Crippen molar-refractivity contribution in [3.63, 3.8) is 0 Å². The van der Waals surface area contributed by atoms with Gasteiger partial charge in [0.15, 0.2) is 0 Å². The third-order valence-corrected chi connectivity index (χ3v) is 17.3. The fourth-order valence-electron chi connectivity index (χ4n) is 9.00. The van der Waals surface area contributed by atoms with Crippen LogP contribution in [0, 0.1) is 63.7 Å². The van der Waals surface area contributed by atoms with Gasteiger partial charge >= 0.3 is 5.97 Å². The number of thiocarbonyl (C=S) groups is 1. The summed E-state index contributed by atoms with van der Waals surface area (Å²) < 4.78 is 122. The molecule has 0 saturated heterocycles. The van der Waals surface area contributed by atoms with Gasteiger partial charge in [0.25, 0.3) is 0 Å². The number of nitrogens with two attached hydrogens (primary N) is 1. The van der Waals surface area contributed by atoms with Crippen LogP contribution in [0.2, 0.25) is 0 Å². The molecule has 406 valence electrons. The molecule has 0 saturated carbocycles. The molecule has 9 rings (SSSR count). The summed E-state index contributed by atoms with van der Waals surface area (Å²) in [5.41, 5.74) is 10.1. The second kappa shape index (κ2) is 27.4. The van der Waals surface area contributed by atoms with E-state index in [1.54, 1.807) is 97.1 Å². The Morgan fingerprint density at radius 1 is 0.400 bits per heavy atom. The zero-order chi connectivity index (χ0) is 57.5. The van der Waals surface area contributed by atoms with Gasteiger partial charge in [-0.25, -0.2) is 39.5 Å². The number of halogens is 9. The number of aliphatic carboxylic acids is 1. The smallest absolute Gasteiger partial charge is 0.313 e. The van der Waals surface area contributed by atoms with E-state index >= 15 is 0 Å². The summed E-state index contributed by atoms with van der Waals surface area (Å²) in [4.78, 5) is 11.6. The number of nitriles is 1. The lowest BCUT2D eigenvalue weighted by molar-refractivity contribution is -0.133. The maximum absolute atomic E-state index is 14.9. The summed E-state index contributed by atoms with van der Waals surface area (Å²) in [7, 11) is 0. The Labute approximate surface area is 474 Å². The van der Waals surface area contributed by atoms with Crippen LogP contribution in [0.15, 0.2) is 218 Å². The van der Waals surface area contributed by atoms with E-state index in [1.807, 2.05) is 0 Å². The minimum atomic E-state index is -1.29. The van der Waals surface area contributed by atoms with E-state index in [-0.39, 0.29) is 27.8 Å². The van der Waals surface area contributed by atoms with Gasteiger partial charge in [0.2, 0.25) is 0 Å². The highest BCUT2D eigenvalue weighted by Gasteiger charge is 2.42. The van der Waals surface area contributed by atoms with E-state index in [2.05, 4.69) is 6.07 Å². The lowest BCUT2D eigenvalue weighted by Crippen LogP contribution is -2.29. The predicted molar refractivity (Wildman–Crippen MR) is 305 cm³/mol. The third kappa shape index (κ3) is 13.8. The summed E-state index contributed by atoms with van der Waals surface area (Å²) in [6, 6.07) is 54.6. The molecule has 0 aliphatic heterocycles. The molecule has 0 heterocycles. The molecular weight excluding hydrogens is 1120 g/mol. The Morgan fingerprint density at radius 3 is 0.838 bits per heavy atom. The first-order valence-corrected chi connectivity index (χ1v) is 27.4. The summed E-state index contributed by atoms with van der Waals surface area (Å²) in [5.74, 6) is -5.07. The van der Waals surface area contributed by atoms with Crippen LogP contribution in [0.5, 0.6) is 0 Å². The first kappa shape index (κ1) is 59.9. The number of rotatable bonds is 17. The maximum atomic E-state index is 14.9. The van der Waals surface area contributed by atoms with Gasteiger partial charge in [0, 0.05) is 22.4 Å². The first-order valence-electron chi connectivity index (χ1n) is 24.0. The van der Waals surface area contributed by atoms with Crippen molar-refractivity contribution in [3.8, 4) is 6.07 Å². The number of carboxylic acids is 1. The van der Waals surface area contributed by atoms with E-state index in [9.17, 15) is 49.4 Å². The third-order valence-electron chi connectivity index (χ3n) is 12.5. The van der Waals surface area contributed by atoms with Crippen molar-refractivity contribution < 1.29 is 49.4 Å². The molecule has 9 aromatic carbocycles. The second-order valence-electron chi connectivity index (χ2n) is 17.4. The number of hydrogen-bond donors (Lipinski definition) is 2. The van der Waals surface area contributed by atoms with Gasteiger partial charge in [-0.05, 0) is 124 Å². The highest BCUT2D eigenvalue weighted by Crippen LogP contribution is 2.52. The first-order chi connectivity index (χ1) is 38.4. The highest BCUT2D eigenvalue weighted by molar-refractivity contribution is 8.02. The number of nitrogens with zero attached hydrogens (tertiary/aromatic N) is 1. The number of carboxylic acid groups (broad SMARTS) is 1. The highest BCUT2D eigenvalue weighted by atomic mass is 32.2. The van der Waals surface area contributed by atoms with E-state index in [4.69, 9.17) is 23.2 Å². The standard InChI is InChI=1S/C21H16F3NS2.C21H14F3NS.C21H15F3O2S/c22-16-9-5-14(6-10-16)21(27-13-20(25)26,15-7-11-17(23)12-8-15)18-3-1-2-4-19(18)24;22-17-9-5-15(6-10-17)21(26-14-13-25,16-7-11-18(23)12-8-16)19-3-1-2-4-20(19)24;22-16-9-5-14(6-10-16)21(27-13-20(25)26,15-7-11-17(23)12-8-15)18-3-1-2-4-19(18)24/h1-12H,13H2,(H2,25,26);1-12H,14H2;1-12H,13H2,(H,25,26). The molecule has 80 heavy (non-hydrogen) atoms. The van der Waals surface area contributed by atoms with Crippen molar-refractivity contribution in [2.75, 3.05) is 17.3 Å². The van der Waals surface area contributed by atoms with Gasteiger partial charge in [-0.2, -0.15) is 5.26 Å². The summed E-state index contributed by atoms with van der Waals surface area (Å²) in [5, 5.41) is 18.4. The van der Waals surface area contributed by atoms with E-state index < -0.39 is 72.6 Å². The van der Waals surface area contributed by atoms with Gasteiger partial charge < -0.3 is 10.8 Å². The number of benzene rings is 9. The van der Waals surface area contributed by atoms with E-state index in [0.717, 1.165) is 11.8 Å². The predicted octanol–water partition coefficient (Wildman–Crippen LogP) is 16.3. The maximum Gasteiger partial charge on any atom is 0.313 e. The Bertz CT molecular complexity index is 3270. The Hall–Kier alpha value is -7.75. The van der Waals surface area contributed by atoms with Crippen molar-refractivity contribution >= 4 is 58.5 Å². The molecule has 9 aromatic rings. The fraction of sp³-hybridized carbons (Fsp3) is 0.0952. The molecular formula is C63H45F9N2O2S4. The Balaban J connectivity index is 0.000000173. The minimum Gasteiger partial charge on any atom is -0.481 e. The van der Waals surface area contributed by atoms with Crippen LogP contribution >= 0.6 is 47.5 Å². The Kier molecular flexibility index (Phi) is 20.5. The summed E-state index contributed by atoms with van der Waals surface area (Å²) >= 11 is 8.53. The lowest BCUT2D eigenvalue weighted by Gasteiger charge is -2.35. The topological polar surface area (TPSA) is 87.1 Å². The lowest BCUT2D eigenvalue weighted by atomic mass is 9.83. The molecule has 0 aliphatic carbocycles. The number of hydrogen-bond acceptors (Lipinski definition) is 6.